The van der Waals surface area contributed by atoms with Gasteiger partial charge < -0.3 is 8.83 Å². The fourth-order valence-corrected chi connectivity index (χ4v) is 13.6. The monoisotopic (exact) mass is 926 g/mol. The number of fused-ring (bicyclic) bond motifs is 19. The van der Waals surface area contributed by atoms with Crippen LogP contribution in [0.15, 0.2) is 203 Å². The van der Waals surface area contributed by atoms with Crippen LogP contribution in [0, 0.1) is 0 Å². The van der Waals surface area contributed by atoms with E-state index in [1.54, 1.807) is 0 Å². The molecule has 0 bridgehead atoms. The molecule has 0 aliphatic heterocycles. The van der Waals surface area contributed by atoms with E-state index in [0.717, 1.165) is 56.0 Å². The lowest BCUT2D eigenvalue weighted by atomic mass is 9.72. The number of anilines is 3. The number of pyridine rings is 1. The third-order valence-electron chi connectivity index (χ3n) is 16.9. The van der Waals surface area contributed by atoms with Crippen LogP contribution < -0.4 is 4.90 Å². The Kier molecular flexibility index (Phi) is 8.23. The van der Waals surface area contributed by atoms with Gasteiger partial charge in [-0.1, -0.05) is 175 Å². The van der Waals surface area contributed by atoms with E-state index in [-0.39, 0.29) is 16.2 Å². The van der Waals surface area contributed by atoms with Crippen molar-refractivity contribution >= 4 is 61.1 Å². The molecule has 4 heteroatoms. The molecule has 3 heterocycles. The zero-order chi connectivity index (χ0) is 48.4. The maximum Gasteiger partial charge on any atom is 0.144 e. The maximum atomic E-state index is 7.04. The Hall–Kier alpha value is -8.47. The van der Waals surface area contributed by atoms with E-state index < -0.39 is 0 Å². The lowest BCUT2D eigenvalue weighted by Gasteiger charge is -2.31. The molecule has 3 aromatic heterocycles. The highest BCUT2D eigenvalue weighted by atomic mass is 16.3. The SMILES string of the molecule is CC1(C)c2cc(N(c3ccc4c(c3)C(C)(C)c3c5c(c6c(oc7ccccc76)c3-4)-c3ccccc3C5(C)C)c3ccccn3)ccc2-c2c1cc(-c1ccccc1-c1ccccc1)c1oc3ccccc3c21. The third kappa shape index (κ3) is 5.34. The summed E-state index contributed by atoms with van der Waals surface area (Å²) in [6.45, 7) is 14.4. The van der Waals surface area contributed by atoms with Crippen LogP contribution in [-0.4, -0.2) is 4.98 Å². The molecule has 0 spiro atoms. The average Bonchev–Trinajstić information content (AvgIpc) is 4.16. The molecule has 0 atom stereocenters. The lowest BCUT2D eigenvalue weighted by Crippen LogP contribution is -2.24. The molecule has 3 aliphatic rings. The summed E-state index contributed by atoms with van der Waals surface area (Å²) >= 11 is 0. The zero-order valence-electron chi connectivity index (χ0n) is 41.2. The first-order valence-electron chi connectivity index (χ1n) is 25.3. The predicted molar refractivity (Wildman–Crippen MR) is 297 cm³/mol. The van der Waals surface area contributed by atoms with E-state index in [1.165, 1.54) is 94.0 Å². The van der Waals surface area contributed by atoms with Crippen LogP contribution in [0.1, 0.15) is 74.9 Å². The minimum atomic E-state index is -0.357. The van der Waals surface area contributed by atoms with Crippen molar-refractivity contribution in [1.82, 2.24) is 4.98 Å². The molecule has 0 N–H and O–H groups in total. The number of aromatic nitrogens is 1. The summed E-state index contributed by atoms with van der Waals surface area (Å²) < 4.78 is 14.0. The van der Waals surface area contributed by atoms with E-state index in [1.807, 2.05) is 12.3 Å². The second kappa shape index (κ2) is 14.3. The molecule has 0 fully saturated rings. The minimum absolute atomic E-state index is 0.222. The number of hydrogen-bond donors (Lipinski definition) is 0. The van der Waals surface area contributed by atoms with Crippen LogP contribution in [0.4, 0.5) is 17.2 Å². The number of rotatable bonds is 5. The molecule has 72 heavy (non-hydrogen) atoms. The molecule has 12 aromatic rings. The maximum absolute atomic E-state index is 7.04. The van der Waals surface area contributed by atoms with Gasteiger partial charge in [-0.15, -0.1) is 0 Å². The van der Waals surface area contributed by atoms with E-state index in [4.69, 9.17) is 13.8 Å². The Morgan fingerprint density at radius 3 is 1.60 bits per heavy atom. The van der Waals surface area contributed by atoms with Crippen LogP contribution in [0.2, 0.25) is 0 Å². The molecule has 9 aromatic carbocycles. The van der Waals surface area contributed by atoms with Gasteiger partial charge in [0.25, 0.3) is 0 Å². The Balaban J connectivity index is 0.929. The molecule has 0 unspecified atom stereocenters. The summed E-state index contributed by atoms with van der Waals surface area (Å²) in [6, 6.07) is 68.4. The van der Waals surface area contributed by atoms with Gasteiger partial charge in [-0.2, -0.15) is 0 Å². The van der Waals surface area contributed by atoms with Crippen molar-refractivity contribution in [2.24, 2.45) is 0 Å². The van der Waals surface area contributed by atoms with Gasteiger partial charge in [0, 0.05) is 66.5 Å². The topological polar surface area (TPSA) is 42.4 Å². The normalized spacial score (nSPS) is 15.1. The fourth-order valence-electron chi connectivity index (χ4n) is 13.6. The number of hydrogen-bond acceptors (Lipinski definition) is 4. The van der Waals surface area contributed by atoms with Gasteiger partial charge in [-0.25, -0.2) is 4.98 Å². The highest BCUT2D eigenvalue weighted by Crippen LogP contribution is 2.64. The van der Waals surface area contributed by atoms with Gasteiger partial charge in [0.05, 0.1) is 0 Å². The average molecular weight is 927 g/mol. The van der Waals surface area contributed by atoms with Crippen LogP contribution in [0.25, 0.3) is 99.5 Å². The van der Waals surface area contributed by atoms with Gasteiger partial charge >= 0.3 is 0 Å². The van der Waals surface area contributed by atoms with Crippen LogP contribution in [-0.2, 0) is 16.2 Å². The Bertz CT molecular complexity index is 4300. The highest BCUT2D eigenvalue weighted by molar-refractivity contribution is 6.22. The largest absolute Gasteiger partial charge is 0.455 e. The number of furan rings is 2. The first-order valence-corrected chi connectivity index (χ1v) is 25.3. The van der Waals surface area contributed by atoms with Gasteiger partial charge in [0.1, 0.15) is 28.1 Å². The van der Waals surface area contributed by atoms with Gasteiger partial charge in [0.2, 0.25) is 0 Å². The lowest BCUT2D eigenvalue weighted by molar-refractivity contribution is 0.600. The molecule has 0 saturated heterocycles. The van der Waals surface area contributed by atoms with Crippen molar-refractivity contribution in [1.29, 1.82) is 0 Å². The summed E-state index contributed by atoms with van der Waals surface area (Å²) in [5, 5.41) is 4.68. The smallest absolute Gasteiger partial charge is 0.144 e. The Morgan fingerprint density at radius 2 is 0.903 bits per heavy atom. The van der Waals surface area contributed by atoms with Crippen molar-refractivity contribution in [2.45, 2.75) is 57.8 Å². The second-order valence-corrected chi connectivity index (χ2v) is 21.8. The Labute approximate surface area is 418 Å². The van der Waals surface area contributed by atoms with Crippen molar-refractivity contribution < 1.29 is 8.83 Å². The van der Waals surface area contributed by atoms with Crippen LogP contribution in [0.5, 0.6) is 0 Å². The quantitative estimate of drug-likeness (QED) is 0.172. The van der Waals surface area contributed by atoms with Gasteiger partial charge in [-0.05, 0) is 132 Å². The van der Waals surface area contributed by atoms with Crippen molar-refractivity contribution in [3.05, 3.63) is 228 Å². The van der Waals surface area contributed by atoms with Crippen LogP contribution >= 0.6 is 0 Å². The van der Waals surface area contributed by atoms with Gasteiger partial charge in [0.15, 0.2) is 0 Å². The molecular weight excluding hydrogens is 877 g/mol. The summed E-state index contributed by atoms with van der Waals surface area (Å²) in [4.78, 5) is 7.42. The standard InChI is InChI=1S/C68H50N2O2/c1-66(2)51-36-40(31-33-45(51)57-53(66)38-49(64-59(57)47-25-13-16-28-54(47)71-64)43-23-11-10-22-42(43)39-20-8-7-9-21-39)70(56-30-18-19-35-69-56)41-32-34-46-52(37-41)68(5,6)63-61(46)65-60(48-26-14-17-29-55(48)72-65)58-44-24-12-15-27-50(44)67(3,4)62(58)63/h7-38H,1-6H3. The van der Waals surface area contributed by atoms with Crippen molar-refractivity contribution in [2.75, 3.05) is 4.90 Å². The third-order valence-corrected chi connectivity index (χ3v) is 16.9. The minimum Gasteiger partial charge on any atom is -0.455 e. The molecule has 15 rings (SSSR count). The molecule has 4 nitrogen and oxygen atoms in total. The highest BCUT2D eigenvalue weighted by Gasteiger charge is 2.49. The van der Waals surface area contributed by atoms with Gasteiger partial charge in [-0.3, -0.25) is 4.90 Å². The van der Waals surface area contributed by atoms with E-state index in [0.29, 0.717) is 0 Å². The summed E-state index contributed by atoms with van der Waals surface area (Å²) in [5.74, 6) is 0.860. The Morgan fingerprint density at radius 1 is 0.375 bits per heavy atom. The number of nitrogens with zero attached hydrogens (tertiary/aromatic N) is 2. The number of benzene rings is 9. The molecule has 0 radical (unpaired) electrons. The summed E-state index contributed by atoms with van der Waals surface area (Å²) in [5.41, 5.74) is 25.1. The zero-order valence-corrected chi connectivity index (χ0v) is 41.2. The number of para-hydroxylation sites is 2. The predicted octanol–water partition coefficient (Wildman–Crippen LogP) is 18.6. The molecule has 3 aliphatic carbocycles. The summed E-state index contributed by atoms with van der Waals surface area (Å²) in [7, 11) is 0. The molecular formula is C68H50N2O2. The first kappa shape index (κ1) is 41.3. The first-order chi connectivity index (χ1) is 35.0. The molecule has 0 amide bonds. The van der Waals surface area contributed by atoms with Crippen LogP contribution in [0.3, 0.4) is 0 Å². The van der Waals surface area contributed by atoms with E-state index >= 15 is 0 Å². The summed E-state index contributed by atoms with van der Waals surface area (Å²) in [6.07, 6.45) is 1.90. The molecule has 0 saturated carbocycles. The fraction of sp³-hybridized carbons (Fsp3) is 0.132. The van der Waals surface area contributed by atoms with Crippen molar-refractivity contribution in [3.63, 3.8) is 0 Å². The van der Waals surface area contributed by atoms with Crippen molar-refractivity contribution in [3.8, 4) is 55.6 Å². The molecule has 344 valence electrons. The second-order valence-electron chi connectivity index (χ2n) is 21.8. The van der Waals surface area contributed by atoms with E-state index in [9.17, 15) is 0 Å². The van der Waals surface area contributed by atoms with E-state index in [2.05, 4.69) is 228 Å².